The third-order valence-electron chi connectivity index (χ3n) is 4.19. The van der Waals surface area contributed by atoms with Gasteiger partial charge in [0.2, 0.25) is 0 Å². The van der Waals surface area contributed by atoms with Crippen LogP contribution in [0.4, 0.5) is 0 Å². The molecule has 2 heterocycles. The molecule has 2 N–H and O–H groups in total. The third-order valence-corrected chi connectivity index (χ3v) is 4.19. The molecule has 0 amide bonds. The first-order valence-electron chi connectivity index (χ1n) is 7.54. The summed E-state index contributed by atoms with van der Waals surface area (Å²) in [5.74, 6) is 0.330. The summed E-state index contributed by atoms with van der Waals surface area (Å²) in [6, 6.07) is 5.65. The molecule has 2 aromatic heterocycles. The summed E-state index contributed by atoms with van der Waals surface area (Å²) < 4.78 is 5.78. The first kappa shape index (κ1) is 14.6. The van der Waals surface area contributed by atoms with Crippen LogP contribution in [0, 0.1) is 11.8 Å². The number of aromatic nitrogens is 3. The number of aliphatic carboxylic acids is 1. The summed E-state index contributed by atoms with van der Waals surface area (Å²) >= 11 is 0. The Kier molecular flexibility index (Phi) is 4.37. The Bertz CT molecular complexity index is 602. The fourth-order valence-corrected chi connectivity index (χ4v) is 2.81. The molecule has 1 saturated carbocycles. The highest BCUT2D eigenvalue weighted by Gasteiger charge is 2.26. The number of H-pyrrole nitrogens is 1. The van der Waals surface area contributed by atoms with Gasteiger partial charge in [-0.15, -0.1) is 0 Å². The van der Waals surface area contributed by atoms with Crippen molar-refractivity contribution in [2.75, 3.05) is 6.61 Å². The fraction of sp³-hybridized carbons (Fsp3) is 0.438. The lowest BCUT2D eigenvalue weighted by Crippen LogP contribution is -2.24. The molecular formula is C16H19N3O3. The van der Waals surface area contributed by atoms with Crippen LogP contribution in [-0.2, 0) is 4.79 Å². The molecule has 0 saturated heterocycles. The summed E-state index contributed by atoms with van der Waals surface area (Å²) in [7, 11) is 0. The maximum atomic E-state index is 10.9. The number of hydrogen-bond acceptors (Lipinski definition) is 4. The monoisotopic (exact) mass is 301 g/mol. The van der Waals surface area contributed by atoms with E-state index in [4.69, 9.17) is 9.84 Å². The van der Waals surface area contributed by atoms with Gasteiger partial charge in [-0.05, 0) is 49.8 Å². The third kappa shape index (κ3) is 3.44. The van der Waals surface area contributed by atoms with Crippen molar-refractivity contribution in [3.8, 4) is 17.1 Å². The molecule has 0 spiro atoms. The minimum Gasteiger partial charge on any atom is -0.492 e. The molecule has 1 aliphatic rings. The van der Waals surface area contributed by atoms with Gasteiger partial charge in [-0.2, -0.15) is 5.10 Å². The van der Waals surface area contributed by atoms with Gasteiger partial charge in [-0.1, -0.05) is 0 Å². The summed E-state index contributed by atoms with van der Waals surface area (Å²) in [6.45, 7) is 0.622. The molecule has 0 aromatic carbocycles. The fourth-order valence-electron chi connectivity index (χ4n) is 2.81. The van der Waals surface area contributed by atoms with Crippen molar-refractivity contribution in [1.82, 2.24) is 15.2 Å². The van der Waals surface area contributed by atoms with Crippen molar-refractivity contribution < 1.29 is 14.6 Å². The van der Waals surface area contributed by atoms with Crippen molar-refractivity contribution in [3.05, 3.63) is 30.6 Å². The van der Waals surface area contributed by atoms with Crippen LogP contribution >= 0.6 is 0 Å². The average Bonchev–Trinajstić information content (AvgIpc) is 3.08. The van der Waals surface area contributed by atoms with Gasteiger partial charge < -0.3 is 9.84 Å². The molecular weight excluding hydrogens is 282 g/mol. The number of carbonyl (C=O) groups is 1. The van der Waals surface area contributed by atoms with E-state index >= 15 is 0 Å². The van der Waals surface area contributed by atoms with Crippen LogP contribution in [0.3, 0.4) is 0 Å². The predicted octanol–water partition coefficient (Wildman–Crippen LogP) is 2.74. The second-order valence-corrected chi connectivity index (χ2v) is 5.72. The van der Waals surface area contributed by atoms with E-state index in [1.807, 2.05) is 18.2 Å². The molecule has 0 unspecified atom stereocenters. The zero-order chi connectivity index (χ0) is 15.4. The molecule has 1 fully saturated rings. The summed E-state index contributed by atoms with van der Waals surface area (Å²) in [5.41, 5.74) is 1.70. The Balaban J connectivity index is 1.49. The van der Waals surface area contributed by atoms with E-state index < -0.39 is 5.97 Å². The first-order chi connectivity index (χ1) is 10.7. The molecule has 0 bridgehead atoms. The normalized spacial score (nSPS) is 21.5. The number of nitrogens with zero attached hydrogens (tertiary/aromatic N) is 2. The van der Waals surface area contributed by atoms with E-state index in [-0.39, 0.29) is 5.92 Å². The molecule has 1 aliphatic carbocycles. The smallest absolute Gasteiger partial charge is 0.306 e. The quantitative estimate of drug-likeness (QED) is 0.886. The summed E-state index contributed by atoms with van der Waals surface area (Å²) in [5, 5.41) is 15.8. The van der Waals surface area contributed by atoms with Gasteiger partial charge in [-0.25, -0.2) is 0 Å². The molecule has 0 atom stereocenters. The van der Waals surface area contributed by atoms with Crippen molar-refractivity contribution in [2.24, 2.45) is 11.8 Å². The number of nitrogens with one attached hydrogen (secondary N) is 1. The molecule has 6 heteroatoms. The molecule has 6 nitrogen and oxygen atoms in total. The Morgan fingerprint density at radius 1 is 1.27 bits per heavy atom. The molecule has 3 rings (SSSR count). The highest BCUT2D eigenvalue weighted by atomic mass is 16.5. The van der Waals surface area contributed by atoms with Crippen LogP contribution in [-0.4, -0.2) is 32.9 Å². The van der Waals surface area contributed by atoms with Crippen LogP contribution in [0.1, 0.15) is 25.7 Å². The van der Waals surface area contributed by atoms with Gasteiger partial charge in [0, 0.05) is 6.20 Å². The Morgan fingerprint density at radius 3 is 2.68 bits per heavy atom. The van der Waals surface area contributed by atoms with E-state index in [2.05, 4.69) is 15.2 Å². The van der Waals surface area contributed by atoms with E-state index in [1.165, 1.54) is 0 Å². The van der Waals surface area contributed by atoms with Gasteiger partial charge >= 0.3 is 5.97 Å². The van der Waals surface area contributed by atoms with E-state index in [9.17, 15) is 4.79 Å². The highest BCUT2D eigenvalue weighted by Crippen LogP contribution is 2.29. The summed E-state index contributed by atoms with van der Waals surface area (Å²) in [4.78, 5) is 15.3. The van der Waals surface area contributed by atoms with Gasteiger partial charge in [0.05, 0.1) is 30.1 Å². The SMILES string of the molecule is O=C(O)C1CCC(COc2ccc(-c3ccn[nH]3)nc2)CC1. The number of aromatic amines is 1. The number of carboxylic acids is 1. The lowest BCUT2D eigenvalue weighted by atomic mass is 9.82. The van der Waals surface area contributed by atoms with Gasteiger partial charge in [0.25, 0.3) is 0 Å². The van der Waals surface area contributed by atoms with Crippen LogP contribution in [0.2, 0.25) is 0 Å². The summed E-state index contributed by atoms with van der Waals surface area (Å²) in [6.07, 6.45) is 6.72. The van der Waals surface area contributed by atoms with Crippen molar-refractivity contribution in [1.29, 1.82) is 0 Å². The van der Waals surface area contributed by atoms with Gasteiger partial charge in [0.1, 0.15) is 5.75 Å². The molecule has 22 heavy (non-hydrogen) atoms. The van der Waals surface area contributed by atoms with Crippen molar-refractivity contribution >= 4 is 5.97 Å². The minimum absolute atomic E-state index is 0.174. The standard InChI is InChI=1S/C16H19N3O3/c20-16(21)12-3-1-11(2-4-12)10-22-13-5-6-14(17-9-13)15-7-8-18-19-15/h5-9,11-12H,1-4,10H2,(H,18,19)(H,20,21). The van der Waals surface area contributed by atoms with Crippen molar-refractivity contribution in [3.63, 3.8) is 0 Å². The molecule has 2 aromatic rings. The number of pyridine rings is 1. The van der Waals surface area contributed by atoms with Gasteiger partial charge in [-0.3, -0.25) is 14.9 Å². The molecule has 0 radical (unpaired) electrons. The van der Waals surface area contributed by atoms with Crippen LogP contribution < -0.4 is 4.74 Å². The molecule has 0 aliphatic heterocycles. The van der Waals surface area contributed by atoms with E-state index in [0.29, 0.717) is 12.5 Å². The number of ether oxygens (including phenoxy) is 1. The maximum absolute atomic E-state index is 10.9. The number of hydrogen-bond donors (Lipinski definition) is 2. The largest absolute Gasteiger partial charge is 0.492 e. The molecule has 116 valence electrons. The van der Waals surface area contributed by atoms with E-state index in [1.54, 1.807) is 12.4 Å². The first-order valence-corrected chi connectivity index (χ1v) is 7.54. The zero-order valence-corrected chi connectivity index (χ0v) is 12.2. The topological polar surface area (TPSA) is 88.1 Å². The number of rotatable bonds is 5. The predicted molar refractivity (Wildman–Crippen MR) is 80.4 cm³/mol. The van der Waals surface area contributed by atoms with Crippen molar-refractivity contribution in [2.45, 2.75) is 25.7 Å². The second-order valence-electron chi connectivity index (χ2n) is 5.72. The second kappa shape index (κ2) is 6.60. The highest BCUT2D eigenvalue weighted by molar-refractivity contribution is 5.69. The zero-order valence-electron chi connectivity index (χ0n) is 12.2. The Morgan fingerprint density at radius 2 is 2.09 bits per heavy atom. The van der Waals surface area contributed by atoms with Gasteiger partial charge in [0.15, 0.2) is 0 Å². The Hall–Kier alpha value is -2.37. The Labute approximate surface area is 128 Å². The van der Waals surface area contributed by atoms with Crippen LogP contribution in [0.25, 0.3) is 11.4 Å². The average molecular weight is 301 g/mol. The minimum atomic E-state index is -0.669. The van der Waals surface area contributed by atoms with E-state index in [0.717, 1.165) is 42.8 Å². The lowest BCUT2D eigenvalue weighted by molar-refractivity contribution is -0.143. The number of carboxylic acid groups (broad SMARTS) is 1. The van der Waals surface area contributed by atoms with Crippen LogP contribution in [0.15, 0.2) is 30.6 Å². The lowest BCUT2D eigenvalue weighted by Gasteiger charge is -2.25. The maximum Gasteiger partial charge on any atom is 0.306 e. The van der Waals surface area contributed by atoms with Crippen LogP contribution in [0.5, 0.6) is 5.75 Å².